The number of ether oxygens (including phenoxy) is 1. The van der Waals surface area contributed by atoms with E-state index in [2.05, 4.69) is 5.32 Å². The number of nitrogens with zero attached hydrogens (tertiary/aromatic N) is 1. The molecule has 1 radical (unpaired) electrons. The Morgan fingerprint density at radius 3 is 2.21 bits per heavy atom. The first kappa shape index (κ1) is 23.8. The van der Waals surface area contributed by atoms with Gasteiger partial charge < -0.3 is 22.0 Å². The fourth-order valence-corrected chi connectivity index (χ4v) is 6.11. The predicted molar refractivity (Wildman–Crippen MR) is 116 cm³/mol. The molecule has 5 rings (SSSR count). The van der Waals surface area contributed by atoms with Crippen LogP contribution >= 0.6 is 7.37 Å². The second-order valence-electron chi connectivity index (χ2n) is 6.07. The summed E-state index contributed by atoms with van der Waals surface area (Å²) in [6, 6.07) is 23.1. The van der Waals surface area contributed by atoms with E-state index in [4.69, 9.17) is 9.26 Å². The predicted octanol–water partition coefficient (Wildman–Crippen LogP) is 6.55. The number of hydrogen-bond acceptors (Lipinski definition) is 3. The summed E-state index contributed by atoms with van der Waals surface area (Å²) in [7, 11) is -3.29. The molecule has 0 fully saturated rings. The van der Waals surface area contributed by atoms with Gasteiger partial charge in [-0.05, 0) is 35.1 Å². The van der Waals surface area contributed by atoms with Gasteiger partial charge in [0.15, 0.2) is 0 Å². The zero-order chi connectivity index (χ0) is 18.9. The Hall–Kier alpha value is -1.45. The van der Waals surface area contributed by atoms with Gasteiger partial charge in [0.2, 0.25) is 0 Å². The topological polar surface area (TPSA) is 49.6 Å². The Labute approximate surface area is 198 Å². The van der Waals surface area contributed by atoms with Crippen LogP contribution in [0.1, 0.15) is 25.2 Å². The summed E-state index contributed by atoms with van der Waals surface area (Å²) in [5, 5.41) is 5.25. The van der Waals surface area contributed by atoms with Crippen molar-refractivity contribution in [3.8, 4) is 22.6 Å². The standard InChI is InChI=1S/C20H15NO3P.C2H6.CH3.Y/c22-25(20-16-9-2-4-10-17(16)23-13-21-20)19-12-6-3-8-15(19)14-7-1-5-11-18(14)24-25;1-2;;/h1-12,20H,13H2;1-2H3;1H3;/q-1;;-1;. The van der Waals surface area contributed by atoms with Crippen molar-refractivity contribution >= 4 is 12.7 Å². The molecule has 29 heavy (non-hydrogen) atoms. The first-order valence-corrected chi connectivity index (χ1v) is 10.8. The van der Waals surface area contributed by atoms with Crippen molar-refractivity contribution in [3.05, 3.63) is 91.1 Å². The molecule has 0 aromatic heterocycles. The van der Waals surface area contributed by atoms with Crippen LogP contribution in [0, 0.1) is 7.43 Å². The Balaban J connectivity index is 0.000000729. The van der Waals surface area contributed by atoms with Gasteiger partial charge in [-0.25, -0.2) is 0 Å². The van der Waals surface area contributed by atoms with Gasteiger partial charge in [-0.2, -0.15) is 0 Å². The summed E-state index contributed by atoms with van der Waals surface area (Å²) in [4.78, 5) is 0. The molecule has 4 nitrogen and oxygen atoms in total. The van der Waals surface area contributed by atoms with Crippen LogP contribution in [0.15, 0.2) is 72.8 Å². The summed E-state index contributed by atoms with van der Waals surface area (Å²) in [5.41, 5.74) is 2.73. The molecule has 0 spiro atoms. The van der Waals surface area contributed by atoms with Gasteiger partial charge in [0.1, 0.15) is 11.5 Å². The van der Waals surface area contributed by atoms with Gasteiger partial charge in [-0.3, -0.25) is 4.57 Å². The van der Waals surface area contributed by atoms with E-state index < -0.39 is 13.2 Å². The van der Waals surface area contributed by atoms with Gasteiger partial charge in [-0.15, -0.1) is 0 Å². The smallest absolute Gasteiger partial charge is 0.265 e. The molecule has 2 aliphatic rings. The molecule has 3 aromatic rings. The molecule has 2 aliphatic heterocycles. The average molecular weight is 482 g/mol. The van der Waals surface area contributed by atoms with E-state index in [0.29, 0.717) is 5.75 Å². The van der Waals surface area contributed by atoms with E-state index in [1.807, 2.05) is 86.6 Å². The van der Waals surface area contributed by atoms with E-state index in [1.54, 1.807) is 0 Å². The summed E-state index contributed by atoms with van der Waals surface area (Å²) >= 11 is 0. The van der Waals surface area contributed by atoms with Crippen LogP contribution in [0.2, 0.25) is 0 Å². The van der Waals surface area contributed by atoms with Gasteiger partial charge in [0, 0.05) is 45.0 Å². The maximum Gasteiger partial charge on any atom is 0.265 e. The third-order valence-electron chi connectivity index (χ3n) is 4.64. The SMILES string of the molecule is CC.O=P1(C2[N-]COc3ccccc32)Oc2ccccc2-c2ccccc21.[CH3-].[Y]. The summed E-state index contributed by atoms with van der Waals surface area (Å²) in [6.45, 7) is 4.18. The fourth-order valence-electron chi connectivity index (χ4n) is 3.51. The summed E-state index contributed by atoms with van der Waals surface area (Å²) in [5.74, 6) is 0.799. The maximum atomic E-state index is 14.2. The summed E-state index contributed by atoms with van der Waals surface area (Å²) in [6.07, 6.45) is 0. The molecule has 149 valence electrons. The molecular weight excluding hydrogens is 458 g/mol. The zero-order valence-electron chi connectivity index (χ0n) is 16.9. The van der Waals surface area contributed by atoms with Gasteiger partial charge in [0.25, 0.3) is 7.37 Å². The largest absolute Gasteiger partial charge is 0.613 e. The molecule has 3 aromatic carbocycles. The van der Waals surface area contributed by atoms with Crippen molar-refractivity contribution in [3.63, 3.8) is 0 Å². The van der Waals surface area contributed by atoms with Crippen LogP contribution in [-0.2, 0) is 37.3 Å². The molecule has 0 saturated carbocycles. The fraction of sp³-hybridized carbons (Fsp3) is 0.174. The number of fused-ring (bicyclic) bond motifs is 4. The molecular formula is C23H24NO3PY-2. The van der Waals surface area contributed by atoms with Crippen molar-refractivity contribution in [1.29, 1.82) is 0 Å². The minimum atomic E-state index is -3.29. The molecule has 0 N–H and O–H groups in total. The number of benzene rings is 3. The van der Waals surface area contributed by atoms with E-state index in [-0.39, 0.29) is 46.9 Å². The van der Waals surface area contributed by atoms with Crippen LogP contribution in [0.5, 0.6) is 11.5 Å². The molecule has 0 amide bonds. The second kappa shape index (κ2) is 10.0. The van der Waals surface area contributed by atoms with E-state index >= 15 is 0 Å². The van der Waals surface area contributed by atoms with Gasteiger partial charge in [-0.1, -0.05) is 68.4 Å². The van der Waals surface area contributed by atoms with E-state index in [9.17, 15) is 4.57 Å². The average Bonchev–Trinajstić information content (AvgIpc) is 2.75. The summed E-state index contributed by atoms with van der Waals surface area (Å²) < 4.78 is 25.9. The number of para-hydroxylation sites is 2. The van der Waals surface area contributed by atoms with Crippen LogP contribution < -0.4 is 14.6 Å². The van der Waals surface area contributed by atoms with Crippen LogP contribution in [-0.4, -0.2) is 6.73 Å². The second-order valence-corrected chi connectivity index (χ2v) is 8.42. The Kier molecular flexibility index (Phi) is 8.25. The minimum Gasteiger partial charge on any atom is -0.613 e. The van der Waals surface area contributed by atoms with Crippen molar-refractivity contribution in [2.75, 3.05) is 6.73 Å². The van der Waals surface area contributed by atoms with Crippen LogP contribution in [0.25, 0.3) is 16.4 Å². The quantitative estimate of drug-likeness (QED) is 0.292. The molecule has 6 heteroatoms. The van der Waals surface area contributed by atoms with Crippen LogP contribution in [0.3, 0.4) is 0 Å². The molecule has 0 bridgehead atoms. The van der Waals surface area contributed by atoms with Crippen molar-refractivity contribution < 1.29 is 46.5 Å². The maximum absolute atomic E-state index is 14.2. The minimum absolute atomic E-state index is 0. The molecule has 0 saturated heterocycles. The zero-order valence-corrected chi connectivity index (χ0v) is 20.6. The van der Waals surface area contributed by atoms with Crippen molar-refractivity contribution in [1.82, 2.24) is 0 Å². The first-order valence-electron chi connectivity index (χ1n) is 9.14. The molecule has 2 unspecified atom stereocenters. The normalized spacial score (nSPS) is 20.4. The third-order valence-corrected chi connectivity index (χ3v) is 7.25. The van der Waals surface area contributed by atoms with E-state index in [0.717, 1.165) is 27.7 Å². The number of hydrogen-bond donors (Lipinski definition) is 0. The monoisotopic (exact) mass is 482 g/mol. The Morgan fingerprint density at radius 2 is 1.45 bits per heavy atom. The van der Waals surface area contributed by atoms with Crippen molar-refractivity contribution in [2.45, 2.75) is 19.6 Å². The molecule has 2 atom stereocenters. The molecule has 2 heterocycles. The Morgan fingerprint density at radius 1 is 0.862 bits per heavy atom. The van der Waals surface area contributed by atoms with Gasteiger partial charge >= 0.3 is 0 Å². The molecule has 0 aliphatic carbocycles. The van der Waals surface area contributed by atoms with Crippen molar-refractivity contribution in [2.24, 2.45) is 0 Å². The van der Waals surface area contributed by atoms with Gasteiger partial charge in [0.05, 0.1) is 5.30 Å². The van der Waals surface area contributed by atoms with Crippen LogP contribution in [0.4, 0.5) is 0 Å². The first-order chi connectivity index (χ1) is 13.3. The Bertz CT molecular complexity index is 1020. The number of rotatable bonds is 1. The van der Waals surface area contributed by atoms with E-state index in [1.165, 1.54) is 0 Å². The third kappa shape index (κ3) is 4.09.